The normalized spacial score (nSPS) is 13.2. The van der Waals surface area contributed by atoms with Crippen LogP contribution in [0.5, 0.6) is 17.2 Å². The summed E-state index contributed by atoms with van der Waals surface area (Å²) in [7, 11) is 0. The van der Waals surface area contributed by atoms with Gasteiger partial charge in [0.15, 0.2) is 5.75 Å². The molecule has 1 aliphatic rings. The Balaban J connectivity index is 1.68. The summed E-state index contributed by atoms with van der Waals surface area (Å²) in [6, 6.07) is 15.7. The molecule has 0 unspecified atom stereocenters. The third-order valence-electron chi connectivity index (χ3n) is 4.67. The van der Waals surface area contributed by atoms with Crippen LogP contribution in [0.3, 0.4) is 0 Å². The molecule has 1 amide bonds. The molecule has 32 heavy (non-hydrogen) atoms. The summed E-state index contributed by atoms with van der Waals surface area (Å²) in [5.41, 5.74) is 8.84. The maximum Gasteiger partial charge on any atom is 0.573 e. The fraction of sp³-hybridized carbons (Fsp3) is 0.0435. The Bertz CT molecular complexity index is 1250. The first-order chi connectivity index (χ1) is 15.2. The Morgan fingerprint density at radius 3 is 2.53 bits per heavy atom. The number of rotatable bonds is 4. The van der Waals surface area contributed by atoms with E-state index in [1.807, 2.05) is 12.1 Å². The number of allylic oxidation sites excluding steroid dienone is 1. The summed E-state index contributed by atoms with van der Waals surface area (Å²) in [5.74, 6) is -0.567. The molecule has 3 aromatic rings. The molecule has 0 atom stereocenters. The van der Waals surface area contributed by atoms with Crippen LogP contribution in [0.2, 0.25) is 0 Å². The van der Waals surface area contributed by atoms with Crippen molar-refractivity contribution in [3.63, 3.8) is 0 Å². The maximum absolute atomic E-state index is 12.8. The van der Waals surface area contributed by atoms with E-state index in [4.69, 9.17) is 15.9 Å². The average molecular weight is 439 g/mol. The minimum atomic E-state index is -4.85. The van der Waals surface area contributed by atoms with Crippen LogP contribution >= 0.6 is 0 Å². The van der Waals surface area contributed by atoms with Crippen LogP contribution in [0.15, 0.2) is 66.7 Å². The quantitative estimate of drug-likeness (QED) is 0.464. The van der Waals surface area contributed by atoms with Crippen LogP contribution < -0.4 is 20.5 Å². The first-order valence-electron chi connectivity index (χ1n) is 9.33. The van der Waals surface area contributed by atoms with Gasteiger partial charge in [-0.25, -0.2) is 0 Å². The van der Waals surface area contributed by atoms with Crippen LogP contribution in [0.25, 0.3) is 16.8 Å². The average Bonchev–Trinajstić information content (AvgIpc) is 2.88. The number of ether oxygens (including phenoxy) is 2. The predicted molar refractivity (Wildman–Crippen MR) is 114 cm³/mol. The number of halogens is 3. The smallest absolute Gasteiger partial charge is 0.454 e. The van der Waals surface area contributed by atoms with E-state index in [1.54, 1.807) is 30.3 Å². The molecule has 6 nitrogen and oxygen atoms in total. The Labute approximate surface area is 180 Å². The molecule has 0 bridgehead atoms. The summed E-state index contributed by atoms with van der Waals surface area (Å²) in [4.78, 5) is 12.8. The van der Waals surface area contributed by atoms with E-state index in [2.05, 4.69) is 10.1 Å². The van der Waals surface area contributed by atoms with Gasteiger partial charge in [0.1, 0.15) is 11.5 Å². The third-order valence-corrected chi connectivity index (χ3v) is 4.67. The number of carbonyl (C=O) groups is 1. The summed E-state index contributed by atoms with van der Waals surface area (Å²) in [6.45, 7) is 0. The fourth-order valence-corrected chi connectivity index (χ4v) is 3.24. The van der Waals surface area contributed by atoms with Gasteiger partial charge in [-0.05, 0) is 53.1 Å². The molecule has 9 heteroatoms. The molecule has 0 aromatic heterocycles. The van der Waals surface area contributed by atoms with Crippen molar-refractivity contribution in [1.82, 2.24) is 0 Å². The molecule has 0 spiro atoms. The summed E-state index contributed by atoms with van der Waals surface area (Å²) < 4.78 is 47.2. The number of fused-ring (bicyclic) bond motifs is 2. The summed E-state index contributed by atoms with van der Waals surface area (Å²) in [5, 5.41) is 9.72. The van der Waals surface area contributed by atoms with Gasteiger partial charge in [0.2, 0.25) is 0 Å². The van der Waals surface area contributed by atoms with Gasteiger partial charge in [-0.15, -0.1) is 13.2 Å². The van der Waals surface area contributed by atoms with Gasteiger partial charge < -0.3 is 25.9 Å². The zero-order chi connectivity index (χ0) is 22.9. The lowest BCUT2D eigenvalue weighted by Crippen LogP contribution is -2.17. The van der Waals surface area contributed by atoms with Gasteiger partial charge in [0.05, 0.1) is 11.3 Å². The standard InChI is InChI=1S/C23H16F3N3O3/c24-23(25,26)32-16-5-7-21-19(12-16)29-22(30)17-11-14(4-6-20(17)31-21)13-2-1-3-15(10-13)18(28)8-9-27/h1-12,27H,28H2,(H,29,30)/b18-8-,27-9?. The second-order valence-corrected chi connectivity index (χ2v) is 6.84. The van der Waals surface area contributed by atoms with Crippen molar-refractivity contribution < 1.29 is 27.4 Å². The van der Waals surface area contributed by atoms with Crippen molar-refractivity contribution in [3.8, 4) is 28.4 Å². The Kier molecular flexibility index (Phi) is 5.31. The highest BCUT2D eigenvalue weighted by Gasteiger charge is 2.32. The minimum Gasteiger partial charge on any atom is -0.454 e. The first-order valence-corrected chi connectivity index (χ1v) is 9.33. The van der Waals surface area contributed by atoms with E-state index in [9.17, 15) is 18.0 Å². The second kappa shape index (κ2) is 8.10. The van der Waals surface area contributed by atoms with Gasteiger partial charge in [0, 0.05) is 18.0 Å². The molecule has 0 radical (unpaired) electrons. The van der Waals surface area contributed by atoms with E-state index in [0.717, 1.165) is 23.9 Å². The summed E-state index contributed by atoms with van der Waals surface area (Å²) in [6.07, 6.45) is -2.30. The van der Waals surface area contributed by atoms with Gasteiger partial charge in [-0.1, -0.05) is 24.3 Å². The van der Waals surface area contributed by atoms with Crippen molar-refractivity contribution in [3.05, 3.63) is 77.9 Å². The molecule has 3 aromatic carbocycles. The maximum atomic E-state index is 12.8. The van der Waals surface area contributed by atoms with E-state index < -0.39 is 18.0 Å². The summed E-state index contributed by atoms with van der Waals surface area (Å²) >= 11 is 0. The van der Waals surface area contributed by atoms with Crippen LogP contribution in [-0.4, -0.2) is 18.5 Å². The van der Waals surface area contributed by atoms with Gasteiger partial charge in [0.25, 0.3) is 5.91 Å². The molecule has 4 rings (SSSR count). The minimum absolute atomic E-state index is 0.0565. The number of nitrogens with two attached hydrogens (primary N) is 1. The molecule has 0 saturated carbocycles. The Hall–Kier alpha value is -4.27. The molecule has 1 heterocycles. The van der Waals surface area contributed by atoms with E-state index in [0.29, 0.717) is 16.8 Å². The molecule has 4 N–H and O–H groups in total. The monoisotopic (exact) mass is 439 g/mol. The zero-order valence-corrected chi connectivity index (χ0v) is 16.4. The fourth-order valence-electron chi connectivity index (χ4n) is 3.24. The van der Waals surface area contributed by atoms with Crippen molar-refractivity contribution >= 4 is 23.5 Å². The topological polar surface area (TPSA) is 97.4 Å². The Morgan fingerprint density at radius 2 is 1.78 bits per heavy atom. The van der Waals surface area contributed by atoms with Gasteiger partial charge in [-0.2, -0.15) is 0 Å². The number of hydrogen-bond acceptors (Lipinski definition) is 5. The third kappa shape index (κ3) is 4.41. The van der Waals surface area contributed by atoms with E-state index in [1.165, 1.54) is 12.1 Å². The highest BCUT2D eigenvalue weighted by atomic mass is 19.4. The van der Waals surface area contributed by atoms with Gasteiger partial charge >= 0.3 is 6.36 Å². The number of benzene rings is 3. The molecular weight excluding hydrogens is 423 g/mol. The predicted octanol–water partition coefficient (Wildman–Crippen LogP) is 5.56. The van der Waals surface area contributed by atoms with Crippen LogP contribution in [0, 0.1) is 5.41 Å². The molecule has 0 aliphatic carbocycles. The lowest BCUT2D eigenvalue weighted by Gasteiger charge is -2.12. The number of nitrogens with one attached hydrogen (secondary N) is 2. The van der Waals surface area contributed by atoms with Crippen LogP contribution in [-0.2, 0) is 0 Å². The highest BCUT2D eigenvalue weighted by molar-refractivity contribution is 6.08. The number of amides is 1. The van der Waals surface area contributed by atoms with Crippen molar-refractivity contribution in [2.45, 2.75) is 6.36 Å². The first kappa shape index (κ1) is 21.0. The molecule has 1 aliphatic heterocycles. The van der Waals surface area contributed by atoms with Crippen molar-refractivity contribution in [2.75, 3.05) is 5.32 Å². The van der Waals surface area contributed by atoms with Gasteiger partial charge in [-0.3, -0.25) is 4.79 Å². The molecule has 0 saturated heterocycles. The highest BCUT2D eigenvalue weighted by Crippen LogP contribution is 2.40. The van der Waals surface area contributed by atoms with E-state index >= 15 is 0 Å². The lowest BCUT2D eigenvalue weighted by molar-refractivity contribution is -0.274. The number of hydrogen-bond donors (Lipinski definition) is 3. The second-order valence-electron chi connectivity index (χ2n) is 6.84. The number of carbonyl (C=O) groups excluding carboxylic acids is 1. The zero-order valence-electron chi connectivity index (χ0n) is 16.4. The van der Waals surface area contributed by atoms with Crippen molar-refractivity contribution in [2.24, 2.45) is 5.73 Å². The number of alkyl halides is 3. The largest absolute Gasteiger partial charge is 0.573 e. The SMILES string of the molecule is N=C/C=C(\N)c1cccc(-c2ccc3c(c2)C(=O)Nc2cc(OC(F)(F)F)ccc2O3)c1. The lowest BCUT2D eigenvalue weighted by atomic mass is 9.99. The van der Waals surface area contributed by atoms with Crippen molar-refractivity contribution in [1.29, 1.82) is 5.41 Å². The molecule has 0 fully saturated rings. The van der Waals surface area contributed by atoms with E-state index in [-0.39, 0.29) is 22.7 Å². The molecular formula is C23H16F3N3O3. The Morgan fingerprint density at radius 1 is 1.03 bits per heavy atom. The van der Waals surface area contributed by atoms with Crippen LogP contribution in [0.1, 0.15) is 15.9 Å². The molecule has 162 valence electrons. The van der Waals surface area contributed by atoms with Crippen LogP contribution in [0.4, 0.5) is 18.9 Å². The number of anilines is 1.